The average Bonchev–Trinajstić information content (AvgIpc) is 3.23. The Balaban J connectivity index is 1.81. The van der Waals surface area contributed by atoms with Crippen molar-refractivity contribution in [1.82, 2.24) is 4.90 Å². The lowest BCUT2D eigenvalue weighted by Gasteiger charge is -2.32. The van der Waals surface area contributed by atoms with Gasteiger partial charge in [-0.25, -0.2) is 0 Å². The van der Waals surface area contributed by atoms with Crippen LogP contribution in [0, 0.1) is 13.8 Å². The van der Waals surface area contributed by atoms with Crippen molar-refractivity contribution in [3.8, 4) is 5.75 Å². The molecule has 0 amide bonds. The van der Waals surface area contributed by atoms with Gasteiger partial charge in [-0.3, -0.25) is 0 Å². The summed E-state index contributed by atoms with van der Waals surface area (Å²) in [5, 5.41) is 6.37. The fraction of sp³-hybridized carbons (Fsp3) is 0.292. The standard InChI is InChI=1S/C24H28N2OS2/c1-17-7-5-9-23(19(17)3)25-24(28)26(18(2)15-22-8-6-14-29-22)16-20-10-12-21(27-4)13-11-20/h5-14,18H,15-16H2,1-4H3,(H,25,28)/t18-/m0/s1. The van der Waals surface area contributed by atoms with Gasteiger partial charge >= 0.3 is 0 Å². The number of thiophene rings is 1. The van der Waals surface area contributed by atoms with Crippen molar-refractivity contribution >= 4 is 34.4 Å². The SMILES string of the molecule is COc1ccc(CN(C(=S)Nc2cccc(C)c2C)[C@@H](C)Cc2cccs2)cc1. The minimum Gasteiger partial charge on any atom is -0.497 e. The van der Waals surface area contributed by atoms with E-state index in [9.17, 15) is 0 Å². The van der Waals surface area contributed by atoms with E-state index in [1.165, 1.54) is 21.6 Å². The van der Waals surface area contributed by atoms with E-state index in [-0.39, 0.29) is 6.04 Å². The predicted molar refractivity (Wildman–Crippen MR) is 128 cm³/mol. The van der Waals surface area contributed by atoms with E-state index in [2.05, 4.69) is 78.8 Å². The van der Waals surface area contributed by atoms with Crippen LogP contribution in [0.3, 0.4) is 0 Å². The fourth-order valence-corrected chi connectivity index (χ4v) is 4.44. The van der Waals surface area contributed by atoms with Crippen LogP contribution in [0.15, 0.2) is 60.0 Å². The van der Waals surface area contributed by atoms with Crippen LogP contribution < -0.4 is 10.1 Å². The summed E-state index contributed by atoms with van der Waals surface area (Å²) in [6.07, 6.45) is 0.961. The molecule has 0 aliphatic carbocycles. The smallest absolute Gasteiger partial charge is 0.173 e. The second-order valence-corrected chi connectivity index (χ2v) is 8.71. The maximum atomic E-state index is 5.87. The maximum Gasteiger partial charge on any atom is 0.173 e. The number of hydrogen-bond donors (Lipinski definition) is 1. The van der Waals surface area contributed by atoms with Gasteiger partial charge in [-0.05, 0) is 79.3 Å². The molecule has 29 heavy (non-hydrogen) atoms. The highest BCUT2D eigenvalue weighted by molar-refractivity contribution is 7.80. The van der Waals surface area contributed by atoms with E-state index in [0.29, 0.717) is 0 Å². The van der Waals surface area contributed by atoms with Crippen molar-refractivity contribution in [2.45, 2.75) is 39.8 Å². The van der Waals surface area contributed by atoms with Crippen molar-refractivity contribution in [3.05, 3.63) is 81.5 Å². The molecule has 0 fully saturated rings. The zero-order chi connectivity index (χ0) is 20.8. The Morgan fingerprint density at radius 3 is 2.52 bits per heavy atom. The Bertz CT molecular complexity index is 936. The Morgan fingerprint density at radius 1 is 1.10 bits per heavy atom. The van der Waals surface area contributed by atoms with Crippen molar-refractivity contribution in [1.29, 1.82) is 0 Å². The number of nitrogens with zero attached hydrogens (tertiary/aromatic N) is 1. The highest BCUT2D eigenvalue weighted by atomic mass is 32.1. The summed E-state index contributed by atoms with van der Waals surface area (Å²) in [5.74, 6) is 0.864. The Hall–Kier alpha value is -2.37. The van der Waals surface area contributed by atoms with Gasteiger partial charge in [0, 0.05) is 29.6 Å². The van der Waals surface area contributed by atoms with Crippen LogP contribution in [0.1, 0.15) is 28.5 Å². The third-order valence-electron chi connectivity index (χ3n) is 5.23. The highest BCUT2D eigenvalue weighted by Crippen LogP contribution is 2.22. The van der Waals surface area contributed by atoms with Gasteiger partial charge in [-0.15, -0.1) is 11.3 Å². The van der Waals surface area contributed by atoms with Crippen molar-refractivity contribution < 1.29 is 4.74 Å². The number of hydrogen-bond acceptors (Lipinski definition) is 3. The molecule has 3 rings (SSSR count). The molecule has 0 spiro atoms. The minimum absolute atomic E-state index is 0.265. The van der Waals surface area contributed by atoms with Crippen LogP contribution in [0.25, 0.3) is 0 Å². The number of methoxy groups -OCH3 is 1. The van der Waals surface area contributed by atoms with Gasteiger partial charge in [0.1, 0.15) is 5.75 Å². The number of anilines is 1. The number of aryl methyl sites for hydroxylation is 1. The summed E-state index contributed by atoms with van der Waals surface area (Å²) in [5.41, 5.74) is 4.75. The fourth-order valence-electron chi connectivity index (χ4n) is 3.26. The van der Waals surface area contributed by atoms with Gasteiger partial charge in [-0.2, -0.15) is 0 Å². The summed E-state index contributed by atoms with van der Waals surface area (Å²) in [4.78, 5) is 3.64. The van der Waals surface area contributed by atoms with Crippen molar-refractivity contribution in [3.63, 3.8) is 0 Å². The maximum absolute atomic E-state index is 5.87. The minimum atomic E-state index is 0.265. The molecule has 2 aromatic carbocycles. The number of benzene rings is 2. The molecule has 0 radical (unpaired) electrons. The van der Waals surface area contributed by atoms with Crippen LogP contribution in [-0.4, -0.2) is 23.2 Å². The average molecular weight is 425 g/mol. The number of rotatable bonds is 7. The summed E-state index contributed by atoms with van der Waals surface area (Å²) < 4.78 is 5.29. The molecule has 1 N–H and O–H groups in total. The molecule has 0 unspecified atom stereocenters. The number of nitrogens with one attached hydrogen (secondary N) is 1. The summed E-state index contributed by atoms with van der Waals surface area (Å²) in [7, 11) is 1.69. The highest BCUT2D eigenvalue weighted by Gasteiger charge is 2.19. The molecule has 152 valence electrons. The molecular formula is C24H28N2OS2. The number of thiocarbonyl (C=S) groups is 1. The molecule has 0 saturated carbocycles. The van der Waals surface area contributed by atoms with Crippen LogP contribution in [-0.2, 0) is 13.0 Å². The third kappa shape index (κ3) is 5.58. The quantitative estimate of drug-likeness (QED) is 0.456. The first-order valence-corrected chi connectivity index (χ1v) is 11.1. The first-order chi connectivity index (χ1) is 14.0. The van der Waals surface area contributed by atoms with Crippen LogP contribution in [0.5, 0.6) is 5.75 Å². The third-order valence-corrected chi connectivity index (χ3v) is 6.46. The van der Waals surface area contributed by atoms with E-state index in [0.717, 1.165) is 29.5 Å². The Labute approximate surface area is 183 Å². The lowest BCUT2D eigenvalue weighted by molar-refractivity contribution is 0.326. The normalized spacial score (nSPS) is 11.7. The van der Waals surface area contributed by atoms with Crippen LogP contribution in [0.2, 0.25) is 0 Å². The molecule has 0 aliphatic heterocycles. The molecule has 0 saturated heterocycles. The van der Waals surface area contributed by atoms with Crippen LogP contribution in [0.4, 0.5) is 5.69 Å². The van der Waals surface area contributed by atoms with Gasteiger partial charge in [0.05, 0.1) is 7.11 Å². The largest absolute Gasteiger partial charge is 0.497 e. The second kappa shape index (κ2) is 9.90. The Kier molecular flexibility index (Phi) is 7.29. The van der Waals surface area contributed by atoms with Gasteiger partial charge < -0.3 is 15.0 Å². The zero-order valence-electron chi connectivity index (χ0n) is 17.4. The molecule has 1 aromatic heterocycles. The van der Waals surface area contributed by atoms with Crippen molar-refractivity contribution in [2.24, 2.45) is 0 Å². The topological polar surface area (TPSA) is 24.5 Å². The van der Waals surface area contributed by atoms with Gasteiger partial charge in [0.2, 0.25) is 0 Å². The van der Waals surface area contributed by atoms with Gasteiger partial charge in [0.25, 0.3) is 0 Å². The predicted octanol–water partition coefficient (Wildman–Crippen LogP) is 6.20. The zero-order valence-corrected chi connectivity index (χ0v) is 19.1. The lowest BCUT2D eigenvalue weighted by Crippen LogP contribution is -2.41. The van der Waals surface area contributed by atoms with E-state index in [1.54, 1.807) is 18.4 Å². The second-order valence-electron chi connectivity index (χ2n) is 7.29. The molecule has 3 aromatic rings. The monoisotopic (exact) mass is 424 g/mol. The molecule has 1 atom stereocenters. The van der Waals surface area contributed by atoms with Crippen LogP contribution >= 0.6 is 23.6 Å². The molecule has 0 aliphatic rings. The lowest BCUT2D eigenvalue weighted by atomic mass is 10.1. The van der Waals surface area contributed by atoms with Crippen molar-refractivity contribution in [2.75, 3.05) is 12.4 Å². The molecule has 5 heteroatoms. The van der Waals surface area contributed by atoms with Gasteiger partial charge in [-0.1, -0.05) is 30.3 Å². The van der Waals surface area contributed by atoms with E-state index in [4.69, 9.17) is 17.0 Å². The summed E-state index contributed by atoms with van der Waals surface area (Å²) in [6.45, 7) is 7.23. The first kappa shape index (κ1) is 21.3. The van der Waals surface area contributed by atoms with E-state index < -0.39 is 0 Å². The molecule has 0 bridgehead atoms. The Morgan fingerprint density at radius 2 is 1.86 bits per heavy atom. The molecule has 3 nitrogen and oxygen atoms in total. The summed E-state index contributed by atoms with van der Waals surface area (Å²) in [6, 6.07) is 19.0. The summed E-state index contributed by atoms with van der Waals surface area (Å²) >= 11 is 7.67. The molecule has 1 heterocycles. The van der Waals surface area contributed by atoms with E-state index >= 15 is 0 Å². The van der Waals surface area contributed by atoms with Gasteiger partial charge in [0.15, 0.2) is 5.11 Å². The number of ether oxygens (including phenoxy) is 1. The first-order valence-electron chi connectivity index (χ1n) is 9.77. The van der Waals surface area contributed by atoms with E-state index in [1.807, 2.05) is 12.1 Å². The molecular weight excluding hydrogens is 396 g/mol.